The van der Waals surface area contributed by atoms with Gasteiger partial charge in [-0.2, -0.15) is 5.10 Å². The van der Waals surface area contributed by atoms with Gasteiger partial charge in [0.25, 0.3) is 0 Å². The lowest BCUT2D eigenvalue weighted by Gasteiger charge is -2.41. The van der Waals surface area contributed by atoms with Gasteiger partial charge in [-0.25, -0.2) is 0 Å². The Hall–Kier alpha value is -2.83. The van der Waals surface area contributed by atoms with Gasteiger partial charge in [0, 0.05) is 31.9 Å². The molecule has 7 nitrogen and oxygen atoms in total. The van der Waals surface area contributed by atoms with Crippen molar-refractivity contribution < 1.29 is 9.53 Å². The summed E-state index contributed by atoms with van der Waals surface area (Å²) in [4.78, 5) is 14.9. The molecule has 3 rings (SSSR count). The third-order valence-corrected chi connectivity index (χ3v) is 4.84. The van der Waals surface area contributed by atoms with E-state index in [2.05, 4.69) is 25.7 Å². The summed E-state index contributed by atoms with van der Waals surface area (Å²) in [7, 11) is 3.31. The highest BCUT2D eigenvalue weighted by Gasteiger charge is 2.41. The van der Waals surface area contributed by atoms with Gasteiger partial charge < -0.3 is 20.3 Å². The van der Waals surface area contributed by atoms with Crippen LogP contribution in [0, 0.1) is 6.92 Å². The first-order valence-corrected chi connectivity index (χ1v) is 8.76. The van der Waals surface area contributed by atoms with Crippen molar-refractivity contribution in [1.82, 2.24) is 15.5 Å². The molecular formula is C19H25N5O2. The summed E-state index contributed by atoms with van der Waals surface area (Å²) < 4.78 is 5.28. The predicted octanol–water partition coefficient (Wildman–Crippen LogP) is 1.99. The minimum atomic E-state index is -0.657. The Morgan fingerprint density at radius 2 is 1.96 bits per heavy atom. The number of likely N-dealkylation sites (N-methyl/N-ethyl adjacent to an activating group) is 1. The van der Waals surface area contributed by atoms with Gasteiger partial charge in [0.15, 0.2) is 5.82 Å². The predicted molar refractivity (Wildman–Crippen MR) is 102 cm³/mol. The van der Waals surface area contributed by atoms with Crippen molar-refractivity contribution in [3.05, 3.63) is 42.1 Å². The van der Waals surface area contributed by atoms with Gasteiger partial charge in [0.05, 0.1) is 12.8 Å². The number of ether oxygens (including phenoxy) is 1. The van der Waals surface area contributed by atoms with Gasteiger partial charge in [0.1, 0.15) is 11.3 Å². The number of aromatic nitrogens is 2. The molecule has 0 unspecified atom stereocenters. The molecule has 0 bridgehead atoms. The largest absolute Gasteiger partial charge is 0.497 e. The lowest BCUT2D eigenvalue weighted by molar-refractivity contribution is -0.125. The first-order chi connectivity index (χ1) is 12.6. The average Bonchev–Trinajstić information content (AvgIpc) is 2.68. The first-order valence-electron chi connectivity index (χ1n) is 8.76. The second kappa shape index (κ2) is 7.59. The number of methoxy groups -OCH3 is 1. The molecule has 0 aliphatic carbocycles. The number of carbonyl (C=O) groups is 1. The zero-order valence-electron chi connectivity index (χ0n) is 15.5. The van der Waals surface area contributed by atoms with E-state index >= 15 is 0 Å². The molecule has 2 heterocycles. The molecule has 1 saturated heterocycles. The van der Waals surface area contributed by atoms with Gasteiger partial charge in [0.2, 0.25) is 5.91 Å². The molecule has 0 radical (unpaired) electrons. The Bertz CT molecular complexity index is 755. The fraction of sp³-hybridized carbons (Fsp3) is 0.421. The second-order valence-electron chi connectivity index (χ2n) is 6.54. The van der Waals surface area contributed by atoms with E-state index in [1.165, 1.54) is 0 Å². The lowest BCUT2D eigenvalue weighted by atomic mass is 9.86. The highest BCUT2D eigenvalue weighted by atomic mass is 16.5. The number of anilines is 2. The highest BCUT2D eigenvalue weighted by Crippen LogP contribution is 2.30. The van der Waals surface area contributed by atoms with Gasteiger partial charge >= 0.3 is 0 Å². The molecule has 7 heteroatoms. The number of nitrogens with one attached hydrogen (secondary N) is 2. The number of rotatable bonds is 5. The van der Waals surface area contributed by atoms with E-state index in [0.29, 0.717) is 12.8 Å². The average molecular weight is 355 g/mol. The lowest BCUT2D eigenvalue weighted by Crippen LogP contribution is -2.58. The number of aryl methyl sites for hydroxylation is 1. The van der Waals surface area contributed by atoms with Crippen LogP contribution in [0.5, 0.6) is 5.75 Å². The van der Waals surface area contributed by atoms with Crippen molar-refractivity contribution in [2.24, 2.45) is 0 Å². The minimum Gasteiger partial charge on any atom is -0.497 e. The minimum absolute atomic E-state index is 0.00467. The Labute approximate surface area is 153 Å². The number of amides is 1. The molecule has 2 aromatic rings. The molecule has 1 aromatic heterocycles. The Morgan fingerprint density at radius 1 is 1.19 bits per heavy atom. The normalized spacial score (nSPS) is 16.0. The molecule has 0 atom stereocenters. The van der Waals surface area contributed by atoms with Crippen LogP contribution >= 0.6 is 0 Å². The van der Waals surface area contributed by atoms with E-state index in [9.17, 15) is 4.79 Å². The van der Waals surface area contributed by atoms with Crippen LogP contribution in [0.15, 0.2) is 36.4 Å². The van der Waals surface area contributed by atoms with Crippen molar-refractivity contribution >= 4 is 17.4 Å². The molecule has 0 spiro atoms. The summed E-state index contributed by atoms with van der Waals surface area (Å²) in [5.74, 6) is 1.60. The number of benzene rings is 1. The Kier molecular flexibility index (Phi) is 5.25. The summed E-state index contributed by atoms with van der Waals surface area (Å²) in [5.41, 5.74) is 1.11. The van der Waals surface area contributed by atoms with Crippen LogP contribution in [-0.4, -0.2) is 48.9 Å². The molecule has 1 amide bonds. The molecule has 1 aromatic carbocycles. The number of hydrogen-bond donors (Lipinski definition) is 2. The van der Waals surface area contributed by atoms with Gasteiger partial charge in [-0.05, 0) is 44.0 Å². The van der Waals surface area contributed by atoms with Gasteiger partial charge in [-0.3, -0.25) is 4.79 Å². The van der Waals surface area contributed by atoms with Crippen LogP contribution in [0.3, 0.4) is 0 Å². The Balaban J connectivity index is 1.77. The molecular weight excluding hydrogens is 330 g/mol. The van der Waals surface area contributed by atoms with E-state index in [1.54, 1.807) is 14.2 Å². The van der Waals surface area contributed by atoms with E-state index in [0.717, 1.165) is 36.0 Å². The first kappa shape index (κ1) is 18.0. The van der Waals surface area contributed by atoms with E-state index in [4.69, 9.17) is 4.74 Å². The molecule has 1 aliphatic heterocycles. The summed E-state index contributed by atoms with van der Waals surface area (Å²) in [5, 5.41) is 14.6. The van der Waals surface area contributed by atoms with Gasteiger partial charge in [-0.1, -0.05) is 6.07 Å². The van der Waals surface area contributed by atoms with Crippen LogP contribution in [0.1, 0.15) is 18.5 Å². The van der Waals surface area contributed by atoms with Crippen molar-refractivity contribution in [3.63, 3.8) is 0 Å². The molecule has 138 valence electrons. The van der Waals surface area contributed by atoms with Crippen LogP contribution < -0.4 is 20.3 Å². The summed E-state index contributed by atoms with van der Waals surface area (Å²) in [6.07, 6.45) is 1.33. The summed E-state index contributed by atoms with van der Waals surface area (Å²) in [6.45, 7) is 3.37. The van der Waals surface area contributed by atoms with Gasteiger partial charge in [-0.15, -0.1) is 5.10 Å². The number of carbonyl (C=O) groups excluding carboxylic acids is 1. The fourth-order valence-corrected chi connectivity index (χ4v) is 3.30. The molecule has 1 fully saturated rings. The molecule has 2 N–H and O–H groups in total. The standard InChI is InChI=1S/C19H25N5O2/c1-14-7-8-17(23-22-14)24-11-9-19(10-12-24,18(25)20-2)21-15-5-4-6-16(13-15)26-3/h4-8,13,21H,9-12H2,1-3H3,(H,20,25). The van der Waals surface area contributed by atoms with Crippen LogP contribution in [-0.2, 0) is 4.79 Å². The van der Waals surface area contributed by atoms with Crippen molar-refractivity contribution in [2.45, 2.75) is 25.3 Å². The summed E-state index contributed by atoms with van der Waals surface area (Å²) in [6, 6.07) is 11.6. The fourth-order valence-electron chi connectivity index (χ4n) is 3.30. The number of piperidine rings is 1. The maximum absolute atomic E-state index is 12.7. The number of nitrogens with zero attached hydrogens (tertiary/aromatic N) is 3. The molecule has 26 heavy (non-hydrogen) atoms. The third kappa shape index (κ3) is 3.71. The maximum atomic E-state index is 12.7. The van der Waals surface area contributed by atoms with E-state index < -0.39 is 5.54 Å². The second-order valence-corrected chi connectivity index (χ2v) is 6.54. The summed E-state index contributed by atoms with van der Waals surface area (Å²) >= 11 is 0. The van der Waals surface area contributed by atoms with Crippen molar-refractivity contribution in [3.8, 4) is 5.75 Å². The number of hydrogen-bond acceptors (Lipinski definition) is 6. The van der Waals surface area contributed by atoms with Crippen LogP contribution in [0.25, 0.3) is 0 Å². The zero-order valence-corrected chi connectivity index (χ0v) is 15.5. The molecule has 1 aliphatic rings. The molecule has 0 saturated carbocycles. The monoisotopic (exact) mass is 355 g/mol. The van der Waals surface area contributed by atoms with Crippen molar-refractivity contribution in [1.29, 1.82) is 0 Å². The van der Waals surface area contributed by atoms with E-state index in [-0.39, 0.29) is 5.91 Å². The highest BCUT2D eigenvalue weighted by molar-refractivity contribution is 5.89. The quantitative estimate of drug-likeness (QED) is 0.854. The Morgan fingerprint density at radius 3 is 2.58 bits per heavy atom. The van der Waals surface area contributed by atoms with Crippen LogP contribution in [0.2, 0.25) is 0 Å². The topological polar surface area (TPSA) is 79.4 Å². The van der Waals surface area contributed by atoms with Crippen molar-refractivity contribution in [2.75, 3.05) is 37.5 Å². The third-order valence-electron chi connectivity index (χ3n) is 4.84. The van der Waals surface area contributed by atoms with E-state index in [1.807, 2.05) is 43.3 Å². The smallest absolute Gasteiger partial charge is 0.245 e. The SMILES string of the molecule is CNC(=O)C1(Nc2cccc(OC)c2)CCN(c2ccc(C)nn2)CC1. The maximum Gasteiger partial charge on any atom is 0.245 e. The van der Waals surface area contributed by atoms with Crippen LogP contribution in [0.4, 0.5) is 11.5 Å². The zero-order chi connectivity index (χ0) is 18.6.